The lowest BCUT2D eigenvalue weighted by Gasteiger charge is -2.22. The molecule has 2 rings (SSSR count). The maximum atomic E-state index is 11.4. The van der Waals surface area contributed by atoms with Gasteiger partial charge in [-0.15, -0.1) is 0 Å². The van der Waals surface area contributed by atoms with Crippen molar-refractivity contribution in [2.75, 3.05) is 18.1 Å². The molecule has 1 saturated heterocycles. The number of rotatable bonds is 4. The third-order valence-corrected chi connectivity index (χ3v) is 4.78. The summed E-state index contributed by atoms with van der Waals surface area (Å²) in [6.07, 6.45) is 3.69. The molecule has 1 aliphatic heterocycles. The summed E-state index contributed by atoms with van der Waals surface area (Å²) in [7, 11) is -2.88. The highest BCUT2D eigenvalue weighted by molar-refractivity contribution is 7.91. The molecule has 1 saturated carbocycles. The van der Waals surface area contributed by atoms with Gasteiger partial charge in [-0.05, 0) is 25.7 Å². The fraction of sp³-hybridized carbons (Fsp3) is 0.900. The second-order valence-electron chi connectivity index (χ2n) is 4.68. The molecule has 0 radical (unpaired) electrons. The van der Waals surface area contributed by atoms with Crippen LogP contribution in [0.1, 0.15) is 25.7 Å². The van der Waals surface area contributed by atoms with Crippen LogP contribution in [0.4, 0.5) is 0 Å². The first-order valence-electron chi connectivity index (χ1n) is 5.78. The molecule has 0 aromatic heterocycles. The number of sulfone groups is 1. The SMILES string of the molecule is O=C(CNC1CCCS(=O)(=O)C1)NC1CC1. The van der Waals surface area contributed by atoms with E-state index in [1.54, 1.807) is 0 Å². The first-order valence-corrected chi connectivity index (χ1v) is 7.60. The average molecular weight is 246 g/mol. The number of carbonyl (C=O) groups excluding carboxylic acids is 1. The third kappa shape index (κ3) is 3.75. The second-order valence-corrected chi connectivity index (χ2v) is 6.90. The highest BCUT2D eigenvalue weighted by Gasteiger charge is 2.26. The molecule has 1 heterocycles. The molecule has 1 unspecified atom stereocenters. The lowest BCUT2D eigenvalue weighted by Crippen LogP contribution is -2.45. The van der Waals surface area contributed by atoms with Crippen molar-refractivity contribution >= 4 is 15.7 Å². The number of nitrogens with one attached hydrogen (secondary N) is 2. The first-order chi connectivity index (χ1) is 7.55. The van der Waals surface area contributed by atoms with Crippen LogP contribution in [0.25, 0.3) is 0 Å². The Balaban J connectivity index is 1.70. The summed E-state index contributed by atoms with van der Waals surface area (Å²) in [5, 5.41) is 5.88. The van der Waals surface area contributed by atoms with Gasteiger partial charge in [0.15, 0.2) is 9.84 Å². The number of hydrogen-bond acceptors (Lipinski definition) is 4. The van der Waals surface area contributed by atoms with Crippen molar-refractivity contribution in [1.29, 1.82) is 0 Å². The molecule has 0 aromatic rings. The van der Waals surface area contributed by atoms with Gasteiger partial charge in [-0.2, -0.15) is 0 Å². The highest BCUT2D eigenvalue weighted by atomic mass is 32.2. The number of amides is 1. The van der Waals surface area contributed by atoms with Gasteiger partial charge in [0.25, 0.3) is 0 Å². The van der Waals surface area contributed by atoms with E-state index in [2.05, 4.69) is 10.6 Å². The predicted octanol–water partition coefficient (Wildman–Crippen LogP) is -0.568. The van der Waals surface area contributed by atoms with Crippen LogP contribution < -0.4 is 10.6 Å². The van der Waals surface area contributed by atoms with Crippen LogP contribution in [-0.4, -0.2) is 44.5 Å². The summed E-state index contributed by atoms with van der Waals surface area (Å²) in [4.78, 5) is 11.4. The van der Waals surface area contributed by atoms with E-state index in [4.69, 9.17) is 0 Å². The molecule has 0 spiro atoms. The van der Waals surface area contributed by atoms with E-state index in [0.717, 1.165) is 19.3 Å². The highest BCUT2D eigenvalue weighted by Crippen LogP contribution is 2.18. The van der Waals surface area contributed by atoms with Crippen LogP contribution in [0, 0.1) is 0 Å². The molecule has 1 aliphatic carbocycles. The van der Waals surface area contributed by atoms with E-state index in [-0.39, 0.29) is 24.2 Å². The molecule has 2 aliphatic rings. The van der Waals surface area contributed by atoms with Crippen molar-refractivity contribution in [3.8, 4) is 0 Å². The Morgan fingerprint density at radius 2 is 1.94 bits per heavy atom. The Morgan fingerprint density at radius 1 is 1.19 bits per heavy atom. The zero-order valence-corrected chi connectivity index (χ0v) is 10.1. The number of carbonyl (C=O) groups is 1. The van der Waals surface area contributed by atoms with Crippen molar-refractivity contribution in [3.05, 3.63) is 0 Å². The molecule has 2 N–H and O–H groups in total. The minimum atomic E-state index is -2.88. The van der Waals surface area contributed by atoms with Crippen LogP contribution in [0.2, 0.25) is 0 Å². The van der Waals surface area contributed by atoms with Gasteiger partial charge in [0.1, 0.15) is 0 Å². The summed E-state index contributed by atoms with van der Waals surface area (Å²) in [5.41, 5.74) is 0. The molecule has 5 nitrogen and oxygen atoms in total. The molecular weight excluding hydrogens is 228 g/mol. The van der Waals surface area contributed by atoms with E-state index in [9.17, 15) is 13.2 Å². The maximum absolute atomic E-state index is 11.4. The molecule has 16 heavy (non-hydrogen) atoms. The lowest BCUT2D eigenvalue weighted by atomic mass is 10.2. The van der Waals surface area contributed by atoms with E-state index in [1.165, 1.54) is 0 Å². The van der Waals surface area contributed by atoms with Gasteiger partial charge in [0.05, 0.1) is 18.1 Å². The van der Waals surface area contributed by atoms with E-state index in [0.29, 0.717) is 18.2 Å². The summed E-state index contributed by atoms with van der Waals surface area (Å²) in [6, 6.07) is 0.313. The van der Waals surface area contributed by atoms with Crippen LogP contribution in [-0.2, 0) is 14.6 Å². The zero-order valence-electron chi connectivity index (χ0n) is 9.24. The van der Waals surface area contributed by atoms with Crippen LogP contribution >= 0.6 is 0 Å². The molecule has 6 heteroatoms. The molecule has 1 atom stereocenters. The lowest BCUT2D eigenvalue weighted by molar-refractivity contribution is -0.120. The van der Waals surface area contributed by atoms with Crippen molar-refractivity contribution in [2.45, 2.75) is 37.8 Å². The van der Waals surface area contributed by atoms with Gasteiger partial charge in [-0.1, -0.05) is 0 Å². The van der Waals surface area contributed by atoms with E-state index < -0.39 is 9.84 Å². The largest absolute Gasteiger partial charge is 0.352 e. The van der Waals surface area contributed by atoms with Crippen molar-refractivity contribution in [1.82, 2.24) is 10.6 Å². The van der Waals surface area contributed by atoms with Gasteiger partial charge in [0, 0.05) is 12.1 Å². The summed E-state index contributed by atoms with van der Waals surface area (Å²) in [5.74, 6) is 0.439. The molecular formula is C10H18N2O3S. The molecule has 0 bridgehead atoms. The van der Waals surface area contributed by atoms with Crippen LogP contribution in [0.5, 0.6) is 0 Å². The van der Waals surface area contributed by atoms with Gasteiger partial charge >= 0.3 is 0 Å². The van der Waals surface area contributed by atoms with Crippen LogP contribution in [0.3, 0.4) is 0 Å². The average Bonchev–Trinajstić information content (AvgIpc) is 2.97. The molecule has 1 amide bonds. The van der Waals surface area contributed by atoms with Crippen molar-refractivity contribution in [2.24, 2.45) is 0 Å². The molecule has 92 valence electrons. The van der Waals surface area contributed by atoms with E-state index in [1.807, 2.05) is 0 Å². The van der Waals surface area contributed by atoms with Crippen molar-refractivity contribution < 1.29 is 13.2 Å². The summed E-state index contributed by atoms with van der Waals surface area (Å²) < 4.78 is 22.7. The fourth-order valence-electron chi connectivity index (χ4n) is 1.93. The Morgan fingerprint density at radius 3 is 2.56 bits per heavy atom. The summed E-state index contributed by atoms with van der Waals surface area (Å²) >= 11 is 0. The Labute approximate surface area is 95.9 Å². The zero-order chi connectivity index (χ0) is 11.6. The Hall–Kier alpha value is -0.620. The number of hydrogen-bond donors (Lipinski definition) is 2. The quantitative estimate of drug-likeness (QED) is 0.697. The van der Waals surface area contributed by atoms with Gasteiger partial charge in [-0.3, -0.25) is 4.79 Å². The molecule has 0 aromatic carbocycles. The monoisotopic (exact) mass is 246 g/mol. The Kier molecular flexibility index (Phi) is 3.49. The predicted molar refractivity (Wildman–Crippen MR) is 60.8 cm³/mol. The van der Waals surface area contributed by atoms with Gasteiger partial charge in [-0.25, -0.2) is 8.42 Å². The normalized spacial score (nSPS) is 28.6. The second kappa shape index (κ2) is 4.71. The van der Waals surface area contributed by atoms with Gasteiger partial charge < -0.3 is 10.6 Å². The van der Waals surface area contributed by atoms with Crippen LogP contribution in [0.15, 0.2) is 0 Å². The van der Waals surface area contributed by atoms with Gasteiger partial charge in [0.2, 0.25) is 5.91 Å². The van der Waals surface area contributed by atoms with Crippen molar-refractivity contribution in [3.63, 3.8) is 0 Å². The minimum absolute atomic E-state index is 0.0227. The summed E-state index contributed by atoms with van der Waals surface area (Å²) in [6.45, 7) is 0.233. The fourth-order valence-corrected chi connectivity index (χ4v) is 3.60. The van der Waals surface area contributed by atoms with E-state index >= 15 is 0 Å². The smallest absolute Gasteiger partial charge is 0.234 e. The Bertz CT molecular complexity index is 362. The standard InChI is InChI=1S/C10H18N2O3S/c13-10(12-8-3-4-8)6-11-9-2-1-5-16(14,15)7-9/h8-9,11H,1-7H2,(H,12,13). The molecule has 2 fully saturated rings. The third-order valence-electron chi connectivity index (χ3n) is 2.96. The topological polar surface area (TPSA) is 75.3 Å². The minimum Gasteiger partial charge on any atom is -0.352 e. The maximum Gasteiger partial charge on any atom is 0.234 e. The first kappa shape index (κ1) is 11.9.